The molecule has 1 heterocycles. The number of carbonyl (C=O) groups excluding carboxylic acids is 1. The highest BCUT2D eigenvalue weighted by atomic mass is 32.2. The van der Waals surface area contributed by atoms with Crippen LogP contribution in [0.15, 0.2) is 24.3 Å². The van der Waals surface area contributed by atoms with Gasteiger partial charge in [0.25, 0.3) is 0 Å². The molecule has 0 bridgehead atoms. The van der Waals surface area contributed by atoms with Crippen molar-refractivity contribution in [3.8, 4) is 0 Å². The summed E-state index contributed by atoms with van der Waals surface area (Å²) in [6, 6.07) is 9.02. The van der Waals surface area contributed by atoms with Crippen LogP contribution in [0, 0.1) is 0 Å². The second-order valence-corrected chi connectivity index (χ2v) is 7.28. The number of para-hydroxylation sites is 1. The molecule has 0 aromatic heterocycles. The van der Waals surface area contributed by atoms with Crippen molar-refractivity contribution in [2.75, 3.05) is 18.2 Å². The lowest BCUT2D eigenvalue weighted by Crippen LogP contribution is -2.42. The molecule has 0 saturated heterocycles. The smallest absolute Gasteiger partial charge is 0.228 e. The van der Waals surface area contributed by atoms with Crippen molar-refractivity contribution in [2.24, 2.45) is 0 Å². The van der Waals surface area contributed by atoms with E-state index in [2.05, 4.69) is 23.7 Å². The van der Waals surface area contributed by atoms with E-state index in [9.17, 15) is 4.79 Å². The fourth-order valence-corrected chi connectivity index (χ4v) is 4.29. The molecule has 3 nitrogen and oxygen atoms in total. The lowest BCUT2D eigenvalue weighted by Gasteiger charge is -2.36. The Bertz CT molecular complexity index is 511. The molecule has 1 fully saturated rings. The molecule has 3 rings (SSSR count). The molecule has 1 atom stereocenters. The minimum atomic E-state index is 0.181. The summed E-state index contributed by atoms with van der Waals surface area (Å²) in [6.45, 7) is 0. The number of hydrogen-bond acceptors (Lipinski definition) is 3. The molecular weight excluding hydrogens is 280 g/mol. The number of hydrogen-bond donors (Lipinski definition) is 1. The predicted molar refractivity (Wildman–Crippen MR) is 89.9 cm³/mol. The van der Waals surface area contributed by atoms with E-state index in [1.54, 1.807) is 4.90 Å². The summed E-state index contributed by atoms with van der Waals surface area (Å²) in [7, 11) is 1.88. The number of benzene rings is 1. The zero-order valence-electron chi connectivity index (χ0n) is 12.8. The molecule has 1 aliphatic carbocycles. The Morgan fingerprint density at radius 1 is 1.19 bits per heavy atom. The first-order valence-electron chi connectivity index (χ1n) is 7.83. The SMILES string of the molecule is CSC1CCC(NC2CC(=O)N(C)c3ccccc32)CC1. The maximum atomic E-state index is 12.2. The molecule has 1 N–H and O–H groups in total. The number of amides is 1. The number of nitrogens with one attached hydrogen (secondary N) is 1. The fraction of sp³-hybridized carbons (Fsp3) is 0.588. The Morgan fingerprint density at radius 3 is 2.62 bits per heavy atom. The van der Waals surface area contributed by atoms with Crippen LogP contribution in [0.1, 0.15) is 43.7 Å². The molecule has 114 valence electrons. The van der Waals surface area contributed by atoms with Gasteiger partial charge in [-0.3, -0.25) is 4.79 Å². The van der Waals surface area contributed by atoms with Crippen LogP contribution in [0.3, 0.4) is 0 Å². The second-order valence-electron chi connectivity index (χ2n) is 6.14. The Balaban J connectivity index is 1.71. The zero-order valence-corrected chi connectivity index (χ0v) is 13.7. The number of anilines is 1. The second kappa shape index (κ2) is 6.41. The standard InChI is InChI=1S/C17H24N2OS/c1-19-16-6-4-3-5-14(16)15(11-17(19)20)18-12-7-9-13(21-2)10-8-12/h3-6,12-13,15,18H,7-11H2,1-2H3. The van der Waals surface area contributed by atoms with E-state index in [0.29, 0.717) is 12.5 Å². The quantitative estimate of drug-likeness (QED) is 0.929. The molecule has 1 amide bonds. The Morgan fingerprint density at radius 2 is 1.90 bits per heavy atom. The van der Waals surface area contributed by atoms with Crippen LogP contribution in [0.4, 0.5) is 5.69 Å². The van der Waals surface area contributed by atoms with Crippen LogP contribution >= 0.6 is 11.8 Å². The Kier molecular flexibility index (Phi) is 4.55. The van der Waals surface area contributed by atoms with E-state index >= 15 is 0 Å². The highest BCUT2D eigenvalue weighted by Crippen LogP contribution is 2.35. The average molecular weight is 304 g/mol. The molecule has 1 aromatic carbocycles. The number of nitrogens with zero attached hydrogens (tertiary/aromatic N) is 1. The summed E-state index contributed by atoms with van der Waals surface area (Å²) >= 11 is 1.99. The highest BCUT2D eigenvalue weighted by Gasteiger charge is 2.31. The maximum absolute atomic E-state index is 12.2. The third kappa shape index (κ3) is 3.11. The van der Waals surface area contributed by atoms with Gasteiger partial charge in [0, 0.05) is 36.5 Å². The van der Waals surface area contributed by atoms with Crippen LogP contribution in [0.2, 0.25) is 0 Å². The summed E-state index contributed by atoms with van der Waals surface area (Å²) in [4.78, 5) is 14.0. The summed E-state index contributed by atoms with van der Waals surface area (Å²) < 4.78 is 0. The van der Waals surface area contributed by atoms with Gasteiger partial charge in [0.1, 0.15) is 0 Å². The summed E-state index contributed by atoms with van der Waals surface area (Å²) in [5, 5.41) is 4.58. The third-order valence-corrected chi connectivity index (χ3v) is 6.01. The zero-order chi connectivity index (χ0) is 14.8. The van der Waals surface area contributed by atoms with E-state index in [1.165, 1.54) is 31.2 Å². The van der Waals surface area contributed by atoms with Crippen LogP contribution in [-0.2, 0) is 4.79 Å². The minimum absolute atomic E-state index is 0.181. The molecule has 2 aliphatic rings. The largest absolute Gasteiger partial charge is 0.315 e. The van der Waals surface area contributed by atoms with Crippen molar-refractivity contribution in [1.29, 1.82) is 0 Å². The van der Waals surface area contributed by atoms with Gasteiger partial charge in [-0.05, 0) is 43.6 Å². The van der Waals surface area contributed by atoms with Crippen LogP contribution in [-0.4, -0.2) is 30.5 Å². The number of fused-ring (bicyclic) bond motifs is 1. The highest BCUT2D eigenvalue weighted by molar-refractivity contribution is 7.99. The topological polar surface area (TPSA) is 32.3 Å². The van der Waals surface area contributed by atoms with Crippen molar-refractivity contribution < 1.29 is 4.79 Å². The molecule has 1 aliphatic heterocycles. The van der Waals surface area contributed by atoms with Gasteiger partial charge in [-0.1, -0.05) is 18.2 Å². The van der Waals surface area contributed by atoms with E-state index in [-0.39, 0.29) is 11.9 Å². The Hall–Kier alpha value is -1.00. The van der Waals surface area contributed by atoms with Crippen molar-refractivity contribution >= 4 is 23.4 Å². The molecule has 1 aromatic rings. The van der Waals surface area contributed by atoms with Gasteiger partial charge >= 0.3 is 0 Å². The van der Waals surface area contributed by atoms with E-state index in [4.69, 9.17) is 0 Å². The van der Waals surface area contributed by atoms with Gasteiger partial charge in [0.2, 0.25) is 5.91 Å². The van der Waals surface area contributed by atoms with E-state index in [1.807, 2.05) is 30.9 Å². The van der Waals surface area contributed by atoms with Gasteiger partial charge in [-0.15, -0.1) is 0 Å². The lowest BCUT2D eigenvalue weighted by atomic mass is 9.91. The molecule has 0 radical (unpaired) electrons. The Labute approximate surface area is 131 Å². The monoisotopic (exact) mass is 304 g/mol. The first kappa shape index (κ1) is 14.9. The van der Waals surface area contributed by atoms with Crippen molar-refractivity contribution in [1.82, 2.24) is 5.32 Å². The first-order chi connectivity index (χ1) is 10.2. The van der Waals surface area contributed by atoms with Gasteiger partial charge in [-0.2, -0.15) is 11.8 Å². The fourth-order valence-electron chi connectivity index (χ4n) is 3.54. The number of rotatable bonds is 3. The van der Waals surface area contributed by atoms with Gasteiger partial charge in [-0.25, -0.2) is 0 Å². The summed E-state index contributed by atoms with van der Waals surface area (Å²) in [5.41, 5.74) is 2.33. The minimum Gasteiger partial charge on any atom is -0.315 e. The van der Waals surface area contributed by atoms with Crippen molar-refractivity contribution in [3.05, 3.63) is 29.8 Å². The molecular formula is C17H24N2OS. The molecule has 1 unspecified atom stereocenters. The number of carbonyl (C=O) groups is 1. The van der Waals surface area contributed by atoms with E-state index < -0.39 is 0 Å². The van der Waals surface area contributed by atoms with Gasteiger partial charge in [0.05, 0.1) is 0 Å². The first-order valence-corrected chi connectivity index (χ1v) is 9.12. The van der Waals surface area contributed by atoms with Crippen molar-refractivity contribution in [2.45, 2.75) is 49.4 Å². The lowest BCUT2D eigenvalue weighted by molar-refractivity contribution is -0.119. The third-order valence-electron chi connectivity index (χ3n) is 4.87. The maximum Gasteiger partial charge on any atom is 0.228 e. The van der Waals surface area contributed by atoms with E-state index in [0.717, 1.165) is 10.9 Å². The van der Waals surface area contributed by atoms with Crippen LogP contribution in [0.25, 0.3) is 0 Å². The van der Waals surface area contributed by atoms with Gasteiger partial charge < -0.3 is 10.2 Å². The molecule has 21 heavy (non-hydrogen) atoms. The molecule has 0 spiro atoms. The van der Waals surface area contributed by atoms with Crippen LogP contribution < -0.4 is 10.2 Å². The van der Waals surface area contributed by atoms with Crippen LogP contribution in [0.5, 0.6) is 0 Å². The molecule has 4 heteroatoms. The normalized spacial score (nSPS) is 29.3. The molecule has 1 saturated carbocycles. The number of thioether (sulfide) groups is 1. The average Bonchev–Trinajstić information content (AvgIpc) is 2.53. The predicted octanol–water partition coefficient (Wildman–Crippen LogP) is 3.36. The van der Waals surface area contributed by atoms with Crippen molar-refractivity contribution in [3.63, 3.8) is 0 Å². The van der Waals surface area contributed by atoms with Gasteiger partial charge in [0.15, 0.2) is 0 Å². The summed E-state index contributed by atoms with van der Waals surface area (Å²) in [6.07, 6.45) is 7.84. The summed E-state index contributed by atoms with van der Waals surface area (Å²) in [5.74, 6) is 0.212.